The molecule has 2 aromatic carbocycles. The molecule has 1 fully saturated rings. The molecule has 5 nitrogen and oxygen atoms in total. The smallest absolute Gasteiger partial charge is 0.270 e. The summed E-state index contributed by atoms with van der Waals surface area (Å²) >= 11 is 0. The molecular weight excluding hydrogens is 352 g/mol. The summed E-state index contributed by atoms with van der Waals surface area (Å²) in [5.74, 6) is 1.92. The number of hydrogen-bond donors (Lipinski definition) is 0. The summed E-state index contributed by atoms with van der Waals surface area (Å²) in [6, 6.07) is 14.6. The molecule has 0 radical (unpaired) electrons. The van der Waals surface area contributed by atoms with Gasteiger partial charge in [-0.3, -0.25) is 10.1 Å². The van der Waals surface area contributed by atoms with Crippen molar-refractivity contribution in [1.82, 2.24) is 0 Å². The Balaban J connectivity index is 0.000000188. The van der Waals surface area contributed by atoms with Gasteiger partial charge in [0.25, 0.3) is 5.69 Å². The second-order valence-corrected chi connectivity index (χ2v) is 8.13. The molecule has 146 valence electrons. The first-order valence-corrected chi connectivity index (χ1v) is 9.56. The zero-order valence-electron chi connectivity index (χ0n) is 16.5. The lowest BCUT2D eigenvalue weighted by molar-refractivity contribution is -0.385. The van der Waals surface area contributed by atoms with Gasteiger partial charge in [-0.15, -0.1) is 0 Å². The van der Waals surface area contributed by atoms with Gasteiger partial charge in [-0.25, -0.2) is 0 Å². The Bertz CT molecular complexity index is 916. The summed E-state index contributed by atoms with van der Waals surface area (Å²) < 4.78 is 0.680. The molecule has 3 aliphatic carbocycles. The molecule has 0 heterocycles. The minimum absolute atomic E-state index is 0.0368. The van der Waals surface area contributed by atoms with Crippen LogP contribution in [0.4, 0.5) is 11.4 Å². The Morgan fingerprint density at radius 2 is 1.71 bits per heavy atom. The molecule has 0 N–H and O–H groups in total. The molecule has 2 unspecified atom stereocenters. The highest BCUT2D eigenvalue weighted by molar-refractivity contribution is 5.77. The standard InChI is InChI=1S/C13H10N2O3.C10H16/c16-14(12-6-2-1-3-7-12)10-11-5-4-8-13(9-11)15(17)18;1-7-4-5-8-6-9(7)10(8,2)3/h1-10H;4,8-9H,5-6H2,1-3H3/b14-10-;. The number of rotatable bonds is 3. The molecule has 5 heteroatoms. The van der Waals surface area contributed by atoms with E-state index < -0.39 is 4.92 Å². The predicted octanol–water partition coefficient (Wildman–Crippen LogP) is 5.85. The average Bonchev–Trinajstić information content (AvgIpc) is 2.69. The molecule has 2 atom stereocenters. The van der Waals surface area contributed by atoms with E-state index in [9.17, 15) is 15.3 Å². The van der Waals surface area contributed by atoms with Crippen LogP contribution in [-0.4, -0.2) is 15.9 Å². The second-order valence-electron chi connectivity index (χ2n) is 8.13. The predicted molar refractivity (Wildman–Crippen MR) is 112 cm³/mol. The van der Waals surface area contributed by atoms with Crippen LogP contribution in [0.1, 0.15) is 39.2 Å². The quantitative estimate of drug-likeness (QED) is 0.168. The summed E-state index contributed by atoms with van der Waals surface area (Å²) in [6.07, 6.45) is 6.55. The maximum absolute atomic E-state index is 11.8. The SMILES string of the molecule is CC1=CCC2CC1C2(C)C.O=[N+]([O-])c1cccc(/C=[N+](\[O-])c2ccccc2)c1. The normalized spacial score (nSPS) is 22.2. The lowest BCUT2D eigenvalue weighted by atomic mass is 9.49. The van der Waals surface area contributed by atoms with Crippen molar-refractivity contribution in [1.29, 1.82) is 0 Å². The third kappa shape index (κ3) is 4.14. The average molecular weight is 378 g/mol. The maximum atomic E-state index is 11.8. The lowest BCUT2D eigenvalue weighted by Crippen LogP contribution is -2.47. The van der Waals surface area contributed by atoms with E-state index in [0.717, 1.165) is 11.8 Å². The van der Waals surface area contributed by atoms with E-state index in [2.05, 4.69) is 26.8 Å². The molecule has 0 amide bonds. The Labute approximate surface area is 165 Å². The summed E-state index contributed by atoms with van der Waals surface area (Å²) in [7, 11) is 0. The third-order valence-corrected chi connectivity index (χ3v) is 6.10. The monoisotopic (exact) mass is 378 g/mol. The highest BCUT2D eigenvalue weighted by Crippen LogP contribution is 2.58. The van der Waals surface area contributed by atoms with Gasteiger partial charge >= 0.3 is 0 Å². The number of hydrogen-bond acceptors (Lipinski definition) is 3. The summed E-state index contributed by atoms with van der Waals surface area (Å²) in [6.45, 7) is 7.13. The van der Waals surface area contributed by atoms with Crippen molar-refractivity contribution in [3.8, 4) is 0 Å². The molecule has 0 aliphatic heterocycles. The van der Waals surface area contributed by atoms with Crippen molar-refractivity contribution >= 4 is 17.6 Å². The van der Waals surface area contributed by atoms with Crippen LogP contribution in [0.3, 0.4) is 0 Å². The summed E-state index contributed by atoms with van der Waals surface area (Å²) in [5.41, 5.74) is 3.21. The number of fused-ring (bicyclic) bond motifs is 1. The molecule has 3 aliphatic rings. The van der Waals surface area contributed by atoms with Gasteiger partial charge < -0.3 is 5.21 Å². The molecule has 1 saturated carbocycles. The van der Waals surface area contributed by atoms with Gasteiger partial charge in [0.2, 0.25) is 5.69 Å². The summed E-state index contributed by atoms with van der Waals surface area (Å²) in [5, 5.41) is 22.4. The molecular formula is C23H26N2O3. The highest BCUT2D eigenvalue weighted by Gasteiger charge is 2.49. The van der Waals surface area contributed by atoms with E-state index in [1.807, 2.05) is 6.07 Å². The topological polar surface area (TPSA) is 69.2 Å². The third-order valence-electron chi connectivity index (χ3n) is 6.10. The summed E-state index contributed by atoms with van der Waals surface area (Å²) in [4.78, 5) is 10.1. The van der Waals surface area contributed by atoms with Crippen molar-refractivity contribution < 1.29 is 9.66 Å². The minimum Gasteiger partial charge on any atom is -0.618 e. The number of nitro groups is 1. The highest BCUT2D eigenvalue weighted by atomic mass is 16.6. The fourth-order valence-electron chi connectivity index (χ4n) is 4.16. The Morgan fingerprint density at radius 3 is 2.25 bits per heavy atom. The van der Waals surface area contributed by atoms with Crippen molar-refractivity contribution in [2.24, 2.45) is 17.3 Å². The first kappa shape index (κ1) is 19.8. The molecule has 2 aromatic rings. The lowest BCUT2D eigenvalue weighted by Gasteiger charge is -2.56. The van der Waals surface area contributed by atoms with Crippen LogP contribution < -0.4 is 0 Å². The first-order chi connectivity index (χ1) is 13.3. The molecule has 2 bridgehead atoms. The molecule has 0 saturated heterocycles. The van der Waals surface area contributed by atoms with Crippen molar-refractivity contribution in [3.63, 3.8) is 0 Å². The Kier molecular flexibility index (Phi) is 5.63. The number of para-hydroxylation sites is 1. The van der Waals surface area contributed by atoms with Crippen LogP contribution in [0.15, 0.2) is 66.2 Å². The zero-order chi connectivity index (χ0) is 20.3. The van der Waals surface area contributed by atoms with Gasteiger partial charge in [0.15, 0.2) is 6.21 Å². The minimum atomic E-state index is -0.491. The second kappa shape index (κ2) is 7.97. The van der Waals surface area contributed by atoms with E-state index in [1.165, 1.54) is 31.2 Å². The van der Waals surface area contributed by atoms with Crippen LogP contribution in [0.25, 0.3) is 0 Å². The van der Waals surface area contributed by atoms with Gasteiger partial charge in [0.05, 0.1) is 4.92 Å². The van der Waals surface area contributed by atoms with Crippen LogP contribution in [-0.2, 0) is 0 Å². The number of benzene rings is 2. The van der Waals surface area contributed by atoms with E-state index in [4.69, 9.17) is 0 Å². The van der Waals surface area contributed by atoms with Crippen LogP contribution in [0.2, 0.25) is 0 Å². The van der Waals surface area contributed by atoms with E-state index in [-0.39, 0.29) is 5.69 Å². The molecule has 28 heavy (non-hydrogen) atoms. The van der Waals surface area contributed by atoms with Gasteiger partial charge in [0.1, 0.15) is 0 Å². The van der Waals surface area contributed by atoms with Crippen molar-refractivity contribution in [2.75, 3.05) is 0 Å². The van der Waals surface area contributed by atoms with E-state index in [1.54, 1.807) is 42.0 Å². The Hall–Kier alpha value is -2.95. The van der Waals surface area contributed by atoms with Gasteiger partial charge in [-0.2, -0.15) is 4.74 Å². The Morgan fingerprint density at radius 1 is 1.04 bits per heavy atom. The molecule has 5 rings (SSSR count). The van der Waals surface area contributed by atoms with Crippen molar-refractivity contribution in [3.05, 3.63) is 87.1 Å². The number of nitrogens with zero attached hydrogens (tertiary/aromatic N) is 2. The fourth-order valence-corrected chi connectivity index (χ4v) is 4.16. The van der Waals surface area contributed by atoms with Gasteiger partial charge in [0, 0.05) is 29.8 Å². The van der Waals surface area contributed by atoms with Gasteiger partial charge in [-0.05, 0) is 43.1 Å². The van der Waals surface area contributed by atoms with Crippen molar-refractivity contribution in [2.45, 2.75) is 33.6 Å². The maximum Gasteiger partial charge on any atom is 0.270 e. The fraction of sp³-hybridized carbons (Fsp3) is 0.348. The molecule has 0 aromatic heterocycles. The zero-order valence-corrected chi connectivity index (χ0v) is 16.5. The number of nitro benzene ring substituents is 1. The molecule has 0 spiro atoms. The van der Waals surface area contributed by atoms with Gasteiger partial charge in [-0.1, -0.05) is 49.8 Å². The van der Waals surface area contributed by atoms with Crippen LogP contribution in [0.5, 0.6) is 0 Å². The van der Waals surface area contributed by atoms with E-state index in [0.29, 0.717) is 21.4 Å². The number of allylic oxidation sites excluding steroid dienone is 2. The van der Waals surface area contributed by atoms with Crippen LogP contribution >= 0.6 is 0 Å². The largest absolute Gasteiger partial charge is 0.618 e. The van der Waals surface area contributed by atoms with E-state index >= 15 is 0 Å². The first-order valence-electron chi connectivity index (χ1n) is 9.56. The number of non-ortho nitro benzene ring substituents is 1. The van der Waals surface area contributed by atoms with Crippen LogP contribution in [0, 0.1) is 32.6 Å².